The van der Waals surface area contributed by atoms with E-state index in [1.54, 1.807) is 0 Å². The molecule has 2 nitrogen and oxygen atoms in total. The van der Waals surface area contributed by atoms with E-state index in [9.17, 15) is 0 Å². The topological polar surface area (TPSA) is 29.3 Å². The van der Waals surface area contributed by atoms with Gasteiger partial charge in [0.1, 0.15) is 0 Å². The largest absolute Gasteiger partial charge is 0.324 e. The van der Waals surface area contributed by atoms with Crippen LogP contribution in [0.4, 0.5) is 0 Å². The van der Waals surface area contributed by atoms with Gasteiger partial charge in [-0.05, 0) is 68.8 Å². The molecule has 1 heterocycles. The highest BCUT2D eigenvalue weighted by Gasteiger charge is 2.23. The van der Waals surface area contributed by atoms with Gasteiger partial charge in [-0.1, -0.05) is 38.1 Å². The first-order chi connectivity index (χ1) is 9.48. The third-order valence-corrected chi connectivity index (χ3v) is 4.78. The lowest BCUT2D eigenvalue weighted by atomic mass is 9.85. The quantitative estimate of drug-likeness (QED) is 0.902. The van der Waals surface area contributed by atoms with Gasteiger partial charge in [0.05, 0.1) is 0 Å². The van der Waals surface area contributed by atoms with Crippen LogP contribution in [0.2, 0.25) is 0 Å². The van der Waals surface area contributed by atoms with Gasteiger partial charge < -0.3 is 10.6 Å². The maximum atomic E-state index is 6.38. The molecule has 1 atom stereocenters. The number of hydrogen-bond donors (Lipinski definition) is 1. The highest BCUT2D eigenvalue weighted by atomic mass is 15.1. The van der Waals surface area contributed by atoms with Crippen LogP contribution >= 0.6 is 0 Å². The van der Waals surface area contributed by atoms with E-state index in [-0.39, 0.29) is 6.04 Å². The van der Waals surface area contributed by atoms with Gasteiger partial charge in [-0.3, -0.25) is 0 Å². The molecule has 112 valence electrons. The van der Waals surface area contributed by atoms with Gasteiger partial charge in [0.15, 0.2) is 0 Å². The average Bonchev–Trinajstić information content (AvgIpc) is 2.57. The second-order valence-electron chi connectivity index (χ2n) is 7.11. The number of aryl methyl sites for hydroxylation is 1. The summed E-state index contributed by atoms with van der Waals surface area (Å²) in [5, 5.41) is 0. The zero-order valence-electron chi connectivity index (χ0n) is 13.4. The number of nitrogens with zero attached hydrogens (tertiary/aromatic N) is 1. The van der Waals surface area contributed by atoms with Crippen LogP contribution in [-0.4, -0.2) is 24.5 Å². The lowest BCUT2D eigenvalue weighted by Gasteiger charge is -2.24. The van der Waals surface area contributed by atoms with Gasteiger partial charge in [0.25, 0.3) is 0 Å². The molecular weight excluding hydrogens is 244 g/mol. The van der Waals surface area contributed by atoms with E-state index >= 15 is 0 Å². The fourth-order valence-electron chi connectivity index (χ4n) is 3.18. The number of benzene rings is 1. The lowest BCUT2D eigenvalue weighted by Crippen LogP contribution is -2.29. The predicted molar refractivity (Wildman–Crippen MR) is 86.8 cm³/mol. The minimum atomic E-state index is 0.174. The van der Waals surface area contributed by atoms with Crippen molar-refractivity contribution in [2.45, 2.75) is 52.5 Å². The molecule has 1 aliphatic heterocycles. The molecule has 2 heteroatoms. The monoisotopic (exact) mass is 274 g/mol. The van der Waals surface area contributed by atoms with Crippen LogP contribution < -0.4 is 5.73 Å². The van der Waals surface area contributed by atoms with Crippen molar-refractivity contribution in [1.82, 2.24) is 4.90 Å². The second-order valence-corrected chi connectivity index (χ2v) is 7.11. The summed E-state index contributed by atoms with van der Waals surface area (Å²) in [4.78, 5) is 2.60. The first-order valence-electron chi connectivity index (χ1n) is 8.01. The minimum absolute atomic E-state index is 0.174. The van der Waals surface area contributed by atoms with E-state index in [0.29, 0.717) is 5.41 Å². The Morgan fingerprint density at radius 2 is 1.95 bits per heavy atom. The zero-order chi connectivity index (χ0) is 14.6. The van der Waals surface area contributed by atoms with Crippen molar-refractivity contribution >= 4 is 0 Å². The van der Waals surface area contributed by atoms with Crippen molar-refractivity contribution in [3.8, 4) is 0 Å². The molecule has 1 aliphatic rings. The number of nitrogens with two attached hydrogens (primary N) is 1. The summed E-state index contributed by atoms with van der Waals surface area (Å²) in [7, 11) is 0. The Hall–Kier alpha value is -0.860. The Morgan fingerprint density at radius 3 is 2.70 bits per heavy atom. The SMILES string of the molecule is Cc1ccccc1C(N)CCN1CCCC(C)(C)CC1. The van der Waals surface area contributed by atoms with E-state index in [4.69, 9.17) is 5.73 Å². The Labute approximate surface area is 124 Å². The standard InChI is InChI=1S/C18H30N2/c1-15-7-4-5-8-16(15)17(19)9-13-20-12-6-10-18(2,3)11-14-20/h4-5,7-8,17H,6,9-14,19H2,1-3H3. The minimum Gasteiger partial charge on any atom is -0.324 e. The molecule has 2 N–H and O–H groups in total. The lowest BCUT2D eigenvalue weighted by molar-refractivity contribution is 0.254. The van der Waals surface area contributed by atoms with Gasteiger partial charge in [0, 0.05) is 6.04 Å². The van der Waals surface area contributed by atoms with Crippen molar-refractivity contribution in [2.75, 3.05) is 19.6 Å². The number of rotatable bonds is 4. The van der Waals surface area contributed by atoms with E-state index < -0.39 is 0 Å². The molecule has 1 unspecified atom stereocenters. The smallest absolute Gasteiger partial charge is 0.0309 e. The fraction of sp³-hybridized carbons (Fsp3) is 0.667. The highest BCUT2D eigenvalue weighted by Crippen LogP contribution is 2.30. The molecule has 0 aliphatic carbocycles. The molecule has 20 heavy (non-hydrogen) atoms. The first kappa shape index (κ1) is 15.5. The van der Waals surface area contributed by atoms with Gasteiger partial charge in [-0.2, -0.15) is 0 Å². The second kappa shape index (κ2) is 6.73. The molecular formula is C18H30N2. The fourth-order valence-corrected chi connectivity index (χ4v) is 3.18. The molecule has 0 saturated carbocycles. The van der Waals surface area contributed by atoms with E-state index in [2.05, 4.69) is 49.9 Å². The molecule has 0 radical (unpaired) electrons. The van der Waals surface area contributed by atoms with E-state index in [1.165, 1.54) is 43.5 Å². The summed E-state index contributed by atoms with van der Waals surface area (Å²) >= 11 is 0. The van der Waals surface area contributed by atoms with Crippen LogP contribution in [0.15, 0.2) is 24.3 Å². The summed E-state index contributed by atoms with van der Waals surface area (Å²) in [6, 6.07) is 8.68. The predicted octanol–water partition coefficient (Wildman–Crippen LogP) is 3.90. The van der Waals surface area contributed by atoms with Gasteiger partial charge in [-0.15, -0.1) is 0 Å². The summed E-state index contributed by atoms with van der Waals surface area (Å²) in [5.74, 6) is 0. The van der Waals surface area contributed by atoms with Crippen molar-refractivity contribution in [3.05, 3.63) is 35.4 Å². The van der Waals surface area contributed by atoms with E-state index in [0.717, 1.165) is 13.0 Å². The summed E-state index contributed by atoms with van der Waals surface area (Å²) in [6.07, 6.45) is 5.05. The van der Waals surface area contributed by atoms with Crippen molar-refractivity contribution < 1.29 is 0 Å². The van der Waals surface area contributed by atoms with Crippen LogP contribution in [0.1, 0.15) is 56.7 Å². The van der Waals surface area contributed by atoms with Crippen LogP contribution in [0, 0.1) is 12.3 Å². The van der Waals surface area contributed by atoms with Crippen LogP contribution in [0.5, 0.6) is 0 Å². The molecule has 0 amide bonds. The summed E-state index contributed by atoms with van der Waals surface area (Å²) in [6.45, 7) is 10.6. The first-order valence-corrected chi connectivity index (χ1v) is 8.01. The molecule has 1 fully saturated rings. The van der Waals surface area contributed by atoms with Crippen molar-refractivity contribution in [2.24, 2.45) is 11.1 Å². The molecule has 0 spiro atoms. The Balaban J connectivity index is 1.84. The van der Waals surface area contributed by atoms with Crippen molar-refractivity contribution in [3.63, 3.8) is 0 Å². The number of likely N-dealkylation sites (tertiary alicyclic amines) is 1. The normalized spacial score (nSPS) is 21.4. The van der Waals surface area contributed by atoms with Crippen LogP contribution in [-0.2, 0) is 0 Å². The molecule has 0 aromatic heterocycles. The van der Waals surface area contributed by atoms with Gasteiger partial charge >= 0.3 is 0 Å². The maximum absolute atomic E-state index is 6.38. The highest BCUT2D eigenvalue weighted by molar-refractivity contribution is 5.28. The average molecular weight is 274 g/mol. The maximum Gasteiger partial charge on any atom is 0.0309 e. The van der Waals surface area contributed by atoms with Crippen LogP contribution in [0.3, 0.4) is 0 Å². The summed E-state index contributed by atoms with van der Waals surface area (Å²) in [5.41, 5.74) is 9.52. The molecule has 0 bridgehead atoms. The summed E-state index contributed by atoms with van der Waals surface area (Å²) < 4.78 is 0. The molecule has 1 saturated heterocycles. The Bertz CT molecular complexity index is 425. The third kappa shape index (κ3) is 4.32. The Kier molecular flexibility index (Phi) is 5.22. The van der Waals surface area contributed by atoms with E-state index in [1.807, 2.05) is 0 Å². The zero-order valence-corrected chi connectivity index (χ0v) is 13.4. The molecule has 1 aromatic rings. The van der Waals surface area contributed by atoms with Crippen molar-refractivity contribution in [1.29, 1.82) is 0 Å². The van der Waals surface area contributed by atoms with Crippen LogP contribution in [0.25, 0.3) is 0 Å². The van der Waals surface area contributed by atoms with Gasteiger partial charge in [-0.25, -0.2) is 0 Å². The number of hydrogen-bond acceptors (Lipinski definition) is 2. The van der Waals surface area contributed by atoms with Gasteiger partial charge in [0.2, 0.25) is 0 Å². The third-order valence-electron chi connectivity index (χ3n) is 4.78. The Morgan fingerprint density at radius 1 is 1.20 bits per heavy atom. The molecule has 2 rings (SSSR count). The molecule has 1 aromatic carbocycles.